The standard InChI is InChI=1S/C11H14N4/c1-7-5-4-6-13-11(7)15-9(3)10(12)8(2)14-15/h4-6H,12H2,1-3H3. The number of nitrogen functional groups attached to an aromatic ring is 1. The van der Waals surface area contributed by atoms with Crippen molar-refractivity contribution < 1.29 is 0 Å². The molecule has 0 aliphatic rings. The smallest absolute Gasteiger partial charge is 0.156 e. The van der Waals surface area contributed by atoms with Gasteiger partial charge in [0.25, 0.3) is 0 Å². The normalized spacial score (nSPS) is 10.6. The number of pyridine rings is 1. The summed E-state index contributed by atoms with van der Waals surface area (Å²) >= 11 is 0. The molecule has 0 spiro atoms. The van der Waals surface area contributed by atoms with Gasteiger partial charge < -0.3 is 5.73 Å². The minimum Gasteiger partial charge on any atom is -0.396 e. The summed E-state index contributed by atoms with van der Waals surface area (Å²) in [4.78, 5) is 4.31. The molecule has 15 heavy (non-hydrogen) atoms. The number of aryl methyl sites for hydroxylation is 2. The predicted molar refractivity (Wildman–Crippen MR) is 60.0 cm³/mol. The van der Waals surface area contributed by atoms with Crippen LogP contribution in [-0.4, -0.2) is 14.8 Å². The Hall–Kier alpha value is -1.84. The fourth-order valence-electron chi connectivity index (χ4n) is 1.56. The Kier molecular flexibility index (Phi) is 2.19. The van der Waals surface area contributed by atoms with Crippen molar-refractivity contribution in [1.82, 2.24) is 14.8 Å². The van der Waals surface area contributed by atoms with Crippen LogP contribution in [-0.2, 0) is 0 Å². The van der Waals surface area contributed by atoms with E-state index in [0.29, 0.717) is 0 Å². The lowest BCUT2D eigenvalue weighted by Gasteiger charge is -2.05. The topological polar surface area (TPSA) is 56.7 Å². The third kappa shape index (κ3) is 1.48. The van der Waals surface area contributed by atoms with Crippen molar-refractivity contribution in [1.29, 1.82) is 0 Å². The zero-order valence-corrected chi connectivity index (χ0v) is 9.15. The van der Waals surface area contributed by atoms with Crippen LogP contribution in [0.2, 0.25) is 0 Å². The van der Waals surface area contributed by atoms with E-state index in [0.717, 1.165) is 28.5 Å². The van der Waals surface area contributed by atoms with Gasteiger partial charge in [-0.05, 0) is 32.4 Å². The van der Waals surface area contributed by atoms with Crippen LogP contribution in [0.25, 0.3) is 5.82 Å². The Morgan fingerprint density at radius 2 is 2.00 bits per heavy atom. The van der Waals surface area contributed by atoms with Crippen LogP contribution in [0.4, 0.5) is 5.69 Å². The first-order valence-electron chi connectivity index (χ1n) is 4.85. The van der Waals surface area contributed by atoms with Crippen LogP contribution in [0.15, 0.2) is 18.3 Å². The molecule has 2 heterocycles. The Morgan fingerprint density at radius 1 is 1.27 bits per heavy atom. The Labute approximate surface area is 88.8 Å². The molecular weight excluding hydrogens is 188 g/mol. The third-order valence-electron chi connectivity index (χ3n) is 2.53. The van der Waals surface area contributed by atoms with Crippen molar-refractivity contribution in [3.8, 4) is 5.82 Å². The first kappa shape index (κ1) is 9.71. The summed E-state index contributed by atoms with van der Waals surface area (Å²) in [6.45, 7) is 5.86. The highest BCUT2D eigenvalue weighted by Gasteiger charge is 2.11. The van der Waals surface area contributed by atoms with Gasteiger partial charge in [-0.15, -0.1) is 0 Å². The second kappa shape index (κ2) is 3.38. The van der Waals surface area contributed by atoms with E-state index in [9.17, 15) is 0 Å². The van der Waals surface area contributed by atoms with Crippen LogP contribution < -0.4 is 5.73 Å². The van der Waals surface area contributed by atoms with Crippen molar-refractivity contribution in [3.63, 3.8) is 0 Å². The van der Waals surface area contributed by atoms with Gasteiger partial charge in [-0.1, -0.05) is 6.07 Å². The molecule has 2 aromatic heterocycles. The van der Waals surface area contributed by atoms with E-state index in [1.165, 1.54) is 0 Å². The number of rotatable bonds is 1. The Morgan fingerprint density at radius 3 is 2.53 bits per heavy atom. The molecule has 0 aliphatic heterocycles. The minimum absolute atomic E-state index is 0.736. The van der Waals surface area contributed by atoms with Crippen LogP contribution >= 0.6 is 0 Å². The first-order valence-corrected chi connectivity index (χ1v) is 4.85. The zero-order valence-electron chi connectivity index (χ0n) is 9.15. The van der Waals surface area contributed by atoms with Crippen LogP contribution in [0.3, 0.4) is 0 Å². The molecule has 0 amide bonds. The van der Waals surface area contributed by atoms with E-state index >= 15 is 0 Å². The molecule has 78 valence electrons. The molecule has 0 saturated carbocycles. The molecule has 2 N–H and O–H groups in total. The number of hydrogen-bond donors (Lipinski definition) is 1. The van der Waals surface area contributed by atoms with E-state index in [2.05, 4.69) is 10.1 Å². The van der Waals surface area contributed by atoms with E-state index in [-0.39, 0.29) is 0 Å². The molecule has 0 radical (unpaired) electrons. The molecule has 0 aromatic carbocycles. The quantitative estimate of drug-likeness (QED) is 0.766. The maximum atomic E-state index is 5.88. The number of aromatic nitrogens is 3. The lowest BCUT2D eigenvalue weighted by atomic mass is 10.3. The molecule has 2 rings (SSSR count). The van der Waals surface area contributed by atoms with Crippen molar-refractivity contribution in [2.45, 2.75) is 20.8 Å². The number of hydrogen-bond acceptors (Lipinski definition) is 3. The van der Waals surface area contributed by atoms with Gasteiger partial charge in [0.15, 0.2) is 5.82 Å². The third-order valence-corrected chi connectivity index (χ3v) is 2.53. The first-order chi connectivity index (χ1) is 7.11. The van der Waals surface area contributed by atoms with E-state index in [1.807, 2.05) is 32.9 Å². The van der Waals surface area contributed by atoms with Crippen molar-refractivity contribution in [2.24, 2.45) is 0 Å². The molecule has 0 fully saturated rings. The van der Waals surface area contributed by atoms with Crippen molar-refractivity contribution >= 4 is 5.69 Å². The zero-order chi connectivity index (χ0) is 11.0. The number of nitrogens with two attached hydrogens (primary N) is 1. The highest BCUT2D eigenvalue weighted by atomic mass is 15.3. The lowest BCUT2D eigenvalue weighted by Crippen LogP contribution is -2.04. The predicted octanol–water partition coefficient (Wildman–Crippen LogP) is 1.77. The fraction of sp³-hybridized carbons (Fsp3) is 0.273. The molecule has 0 aliphatic carbocycles. The summed E-state index contributed by atoms with van der Waals surface area (Å²) in [5.41, 5.74) is 9.49. The van der Waals surface area contributed by atoms with Gasteiger partial charge in [0.1, 0.15) is 0 Å². The summed E-state index contributed by atoms with van der Waals surface area (Å²) in [6, 6.07) is 3.92. The van der Waals surface area contributed by atoms with E-state index < -0.39 is 0 Å². The fourth-order valence-corrected chi connectivity index (χ4v) is 1.56. The summed E-state index contributed by atoms with van der Waals surface area (Å²) in [5.74, 6) is 0.842. The minimum atomic E-state index is 0.736. The SMILES string of the molecule is Cc1cccnc1-n1nc(C)c(N)c1C. The molecule has 0 atom stereocenters. The second-order valence-electron chi connectivity index (χ2n) is 3.64. The monoisotopic (exact) mass is 202 g/mol. The van der Waals surface area contributed by atoms with Gasteiger partial charge in [0.05, 0.1) is 17.1 Å². The second-order valence-corrected chi connectivity index (χ2v) is 3.64. The van der Waals surface area contributed by atoms with Crippen molar-refractivity contribution in [3.05, 3.63) is 35.3 Å². The average Bonchev–Trinajstić information content (AvgIpc) is 2.47. The largest absolute Gasteiger partial charge is 0.396 e. The molecule has 0 saturated heterocycles. The molecular formula is C11H14N4. The summed E-state index contributed by atoms with van der Waals surface area (Å²) in [7, 11) is 0. The lowest BCUT2D eigenvalue weighted by molar-refractivity contribution is 0.799. The molecule has 0 bridgehead atoms. The summed E-state index contributed by atoms with van der Waals surface area (Å²) in [5, 5.41) is 4.37. The van der Waals surface area contributed by atoms with Crippen LogP contribution in [0.5, 0.6) is 0 Å². The average molecular weight is 202 g/mol. The Bertz CT molecular complexity index is 499. The van der Waals surface area contributed by atoms with Gasteiger partial charge in [-0.3, -0.25) is 0 Å². The number of nitrogens with zero attached hydrogens (tertiary/aromatic N) is 3. The Balaban J connectivity index is 2.65. The summed E-state index contributed by atoms with van der Waals surface area (Å²) in [6.07, 6.45) is 1.76. The van der Waals surface area contributed by atoms with E-state index in [1.54, 1.807) is 10.9 Å². The van der Waals surface area contributed by atoms with Gasteiger partial charge in [-0.25, -0.2) is 9.67 Å². The maximum absolute atomic E-state index is 5.88. The molecule has 4 heteroatoms. The van der Waals surface area contributed by atoms with Gasteiger partial charge in [-0.2, -0.15) is 5.10 Å². The van der Waals surface area contributed by atoms with Crippen LogP contribution in [0.1, 0.15) is 17.0 Å². The molecule has 4 nitrogen and oxygen atoms in total. The molecule has 0 unspecified atom stereocenters. The van der Waals surface area contributed by atoms with Gasteiger partial charge in [0.2, 0.25) is 0 Å². The van der Waals surface area contributed by atoms with Gasteiger partial charge >= 0.3 is 0 Å². The highest BCUT2D eigenvalue weighted by molar-refractivity contribution is 5.50. The summed E-state index contributed by atoms with van der Waals surface area (Å²) < 4.78 is 1.79. The van der Waals surface area contributed by atoms with E-state index in [4.69, 9.17) is 5.73 Å². The number of anilines is 1. The highest BCUT2D eigenvalue weighted by Crippen LogP contribution is 2.19. The van der Waals surface area contributed by atoms with Crippen molar-refractivity contribution in [2.75, 3.05) is 5.73 Å². The maximum Gasteiger partial charge on any atom is 0.156 e. The molecule has 2 aromatic rings. The van der Waals surface area contributed by atoms with Gasteiger partial charge in [0, 0.05) is 6.20 Å². The van der Waals surface area contributed by atoms with Crippen LogP contribution in [0, 0.1) is 20.8 Å².